The molecule has 1 amide bonds. The van der Waals surface area contributed by atoms with E-state index in [1.54, 1.807) is 11.3 Å². The summed E-state index contributed by atoms with van der Waals surface area (Å²) in [5, 5.41) is 1.16. The molecule has 0 N–H and O–H groups in total. The summed E-state index contributed by atoms with van der Waals surface area (Å²) in [5.74, 6) is 1.52. The summed E-state index contributed by atoms with van der Waals surface area (Å²) in [5.41, 5.74) is 1.12. The fourth-order valence-corrected chi connectivity index (χ4v) is 3.97. The molecule has 1 aliphatic heterocycles. The Morgan fingerprint density at radius 3 is 2.26 bits per heavy atom. The van der Waals surface area contributed by atoms with E-state index in [1.165, 1.54) is 4.88 Å². The Bertz CT molecular complexity index is 733. The SMILES string of the molecule is CCOc1ccc(OCC(=O)N2CCN(Cc3nc(C)c(C)s3)CC2)cc1. The number of hydrogen-bond donors (Lipinski definition) is 0. The van der Waals surface area contributed by atoms with Crippen molar-refractivity contribution in [3.05, 3.63) is 39.8 Å². The van der Waals surface area contributed by atoms with Crippen LogP contribution in [-0.2, 0) is 11.3 Å². The van der Waals surface area contributed by atoms with Gasteiger partial charge in [-0.25, -0.2) is 4.98 Å². The molecule has 0 saturated carbocycles. The molecular weight excluding hydrogens is 362 g/mol. The number of carbonyl (C=O) groups excluding carboxylic acids is 1. The first-order valence-electron chi connectivity index (χ1n) is 9.34. The van der Waals surface area contributed by atoms with Gasteiger partial charge in [0.15, 0.2) is 6.61 Å². The van der Waals surface area contributed by atoms with Crippen LogP contribution in [0.15, 0.2) is 24.3 Å². The van der Waals surface area contributed by atoms with Crippen molar-refractivity contribution >= 4 is 17.2 Å². The zero-order valence-corrected chi connectivity index (χ0v) is 17.1. The van der Waals surface area contributed by atoms with E-state index in [0.29, 0.717) is 12.4 Å². The van der Waals surface area contributed by atoms with Crippen molar-refractivity contribution < 1.29 is 14.3 Å². The summed E-state index contributed by atoms with van der Waals surface area (Å²) in [6.07, 6.45) is 0. The van der Waals surface area contributed by atoms with Crippen molar-refractivity contribution in [3.63, 3.8) is 0 Å². The van der Waals surface area contributed by atoms with Gasteiger partial charge in [0.25, 0.3) is 5.91 Å². The molecule has 0 bridgehead atoms. The molecule has 27 heavy (non-hydrogen) atoms. The lowest BCUT2D eigenvalue weighted by Gasteiger charge is -2.34. The van der Waals surface area contributed by atoms with Crippen molar-refractivity contribution in [2.75, 3.05) is 39.4 Å². The maximum Gasteiger partial charge on any atom is 0.260 e. The lowest BCUT2D eigenvalue weighted by Crippen LogP contribution is -2.49. The average molecular weight is 390 g/mol. The molecule has 1 fully saturated rings. The Labute approximate surface area is 164 Å². The molecule has 2 heterocycles. The van der Waals surface area contributed by atoms with Crippen LogP contribution in [0.1, 0.15) is 22.5 Å². The third-order valence-electron chi connectivity index (χ3n) is 4.65. The quantitative estimate of drug-likeness (QED) is 0.729. The van der Waals surface area contributed by atoms with Gasteiger partial charge in [-0.2, -0.15) is 0 Å². The second-order valence-corrected chi connectivity index (χ2v) is 7.89. The Morgan fingerprint density at radius 1 is 1.07 bits per heavy atom. The number of rotatable bonds is 7. The van der Waals surface area contributed by atoms with Crippen LogP contribution in [0.2, 0.25) is 0 Å². The molecule has 1 aromatic heterocycles. The Balaban J connectivity index is 1.41. The van der Waals surface area contributed by atoms with Crippen molar-refractivity contribution in [3.8, 4) is 11.5 Å². The van der Waals surface area contributed by atoms with E-state index in [4.69, 9.17) is 9.47 Å². The summed E-state index contributed by atoms with van der Waals surface area (Å²) in [7, 11) is 0. The van der Waals surface area contributed by atoms with Gasteiger partial charge in [-0.3, -0.25) is 9.69 Å². The predicted octanol–water partition coefficient (Wildman–Crippen LogP) is 2.88. The monoisotopic (exact) mass is 389 g/mol. The van der Waals surface area contributed by atoms with Crippen molar-refractivity contribution in [2.24, 2.45) is 0 Å². The molecule has 0 unspecified atom stereocenters. The van der Waals surface area contributed by atoms with Crippen LogP contribution in [0, 0.1) is 13.8 Å². The summed E-state index contributed by atoms with van der Waals surface area (Å²) in [6.45, 7) is 10.9. The van der Waals surface area contributed by atoms with Crippen LogP contribution in [0.5, 0.6) is 11.5 Å². The minimum atomic E-state index is 0.0319. The maximum absolute atomic E-state index is 12.4. The summed E-state index contributed by atoms with van der Waals surface area (Å²) < 4.78 is 11.0. The second-order valence-electron chi connectivity index (χ2n) is 6.60. The third kappa shape index (κ3) is 5.43. The number of ether oxygens (including phenoxy) is 2. The highest BCUT2D eigenvalue weighted by molar-refractivity contribution is 7.11. The minimum absolute atomic E-state index is 0.0319. The zero-order valence-electron chi connectivity index (χ0n) is 16.2. The van der Waals surface area contributed by atoms with E-state index in [9.17, 15) is 4.79 Å². The van der Waals surface area contributed by atoms with E-state index in [0.717, 1.165) is 49.2 Å². The van der Waals surface area contributed by atoms with Gasteiger partial charge in [-0.1, -0.05) is 0 Å². The van der Waals surface area contributed by atoms with Crippen LogP contribution in [0.3, 0.4) is 0 Å². The van der Waals surface area contributed by atoms with E-state index in [1.807, 2.05) is 36.1 Å². The molecule has 6 nitrogen and oxygen atoms in total. The lowest BCUT2D eigenvalue weighted by molar-refractivity contribution is -0.135. The highest BCUT2D eigenvalue weighted by Crippen LogP contribution is 2.19. The molecule has 1 aromatic carbocycles. The van der Waals surface area contributed by atoms with Gasteiger partial charge >= 0.3 is 0 Å². The number of thiazole rings is 1. The highest BCUT2D eigenvalue weighted by Gasteiger charge is 2.22. The van der Waals surface area contributed by atoms with E-state index >= 15 is 0 Å². The smallest absolute Gasteiger partial charge is 0.260 e. The van der Waals surface area contributed by atoms with E-state index < -0.39 is 0 Å². The van der Waals surface area contributed by atoms with Crippen molar-refractivity contribution in [1.82, 2.24) is 14.8 Å². The van der Waals surface area contributed by atoms with Gasteiger partial charge < -0.3 is 14.4 Å². The van der Waals surface area contributed by atoms with E-state index in [2.05, 4.69) is 23.7 Å². The first kappa shape index (κ1) is 19.6. The molecule has 7 heteroatoms. The van der Waals surface area contributed by atoms with Gasteiger partial charge in [0.05, 0.1) is 18.8 Å². The highest BCUT2D eigenvalue weighted by atomic mass is 32.1. The van der Waals surface area contributed by atoms with Gasteiger partial charge in [-0.05, 0) is 45.0 Å². The fraction of sp³-hybridized carbons (Fsp3) is 0.500. The average Bonchev–Trinajstić information content (AvgIpc) is 2.99. The third-order valence-corrected chi connectivity index (χ3v) is 5.71. The largest absolute Gasteiger partial charge is 0.494 e. The standard InChI is InChI=1S/C20H27N3O3S/c1-4-25-17-5-7-18(8-6-17)26-14-20(24)23-11-9-22(10-12-23)13-19-21-15(2)16(3)27-19/h5-8H,4,9-14H2,1-3H3. The number of nitrogens with zero attached hydrogens (tertiary/aromatic N) is 3. The number of carbonyl (C=O) groups is 1. The molecule has 0 atom stereocenters. The normalized spacial score (nSPS) is 15.0. The Morgan fingerprint density at radius 2 is 1.70 bits per heavy atom. The van der Waals surface area contributed by atoms with Crippen LogP contribution in [-0.4, -0.2) is 60.1 Å². The Hall–Kier alpha value is -2.12. The summed E-state index contributed by atoms with van der Waals surface area (Å²) >= 11 is 1.76. The number of aryl methyl sites for hydroxylation is 2. The van der Waals surface area contributed by atoms with E-state index in [-0.39, 0.29) is 12.5 Å². The van der Waals surface area contributed by atoms with Crippen molar-refractivity contribution in [2.45, 2.75) is 27.3 Å². The van der Waals surface area contributed by atoms with Gasteiger partial charge in [0.1, 0.15) is 16.5 Å². The molecule has 0 aliphatic carbocycles. The lowest BCUT2D eigenvalue weighted by atomic mass is 10.3. The summed E-state index contributed by atoms with van der Waals surface area (Å²) in [4.78, 5) is 22.5. The number of benzene rings is 1. The van der Waals surface area contributed by atoms with Crippen LogP contribution in [0.4, 0.5) is 0 Å². The zero-order chi connectivity index (χ0) is 19.2. The minimum Gasteiger partial charge on any atom is -0.494 e. The number of hydrogen-bond acceptors (Lipinski definition) is 6. The number of amides is 1. The van der Waals surface area contributed by atoms with Crippen molar-refractivity contribution in [1.29, 1.82) is 0 Å². The van der Waals surface area contributed by atoms with Crippen LogP contribution < -0.4 is 9.47 Å². The molecule has 1 aliphatic rings. The topological polar surface area (TPSA) is 54.9 Å². The molecular formula is C20H27N3O3S. The maximum atomic E-state index is 12.4. The number of aromatic nitrogens is 1. The summed E-state index contributed by atoms with van der Waals surface area (Å²) in [6, 6.07) is 7.36. The Kier molecular flexibility index (Phi) is 6.68. The molecule has 2 aromatic rings. The first-order chi connectivity index (χ1) is 13.0. The molecule has 146 valence electrons. The molecule has 0 radical (unpaired) electrons. The predicted molar refractivity (Wildman–Crippen MR) is 107 cm³/mol. The molecule has 3 rings (SSSR count). The second kappa shape index (κ2) is 9.19. The molecule has 1 saturated heterocycles. The van der Waals surface area contributed by atoms with Crippen LogP contribution >= 0.6 is 11.3 Å². The van der Waals surface area contributed by atoms with Gasteiger partial charge in [0, 0.05) is 31.1 Å². The van der Waals surface area contributed by atoms with Crippen LogP contribution in [0.25, 0.3) is 0 Å². The number of piperazine rings is 1. The fourth-order valence-electron chi connectivity index (χ4n) is 2.99. The first-order valence-corrected chi connectivity index (χ1v) is 10.2. The molecule has 0 spiro atoms. The van der Waals surface area contributed by atoms with Gasteiger partial charge in [-0.15, -0.1) is 11.3 Å². The van der Waals surface area contributed by atoms with Gasteiger partial charge in [0.2, 0.25) is 0 Å².